The number of benzene rings is 2. The van der Waals surface area contributed by atoms with Gasteiger partial charge in [0.05, 0.1) is 30.6 Å². The lowest BCUT2D eigenvalue weighted by molar-refractivity contribution is 0.102. The molecule has 1 aromatic heterocycles. The van der Waals surface area contributed by atoms with Crippen LogP contribution in [0, 0.1) is 6.92 Å². The Morgan fingerprint density at radius 1 is 1.24 bits per heavy atom. The van der Waals surface area contributed by atoms with Crippen LogP contribution in [-0.4, -0.2) is 22.8 Å². The number of hydrogen-bond acceptors (Lipinski definition) is 3. The first-order valence-electron chi connectivity index (χ1n) is 7.78. The summed E-state index contributed by atoms with van der Waals surface area (Å²) in [6.07, 6.45) is 3.35. The molecule has 0 unspecified atom stereocenters. The van der Waals surface area contributed by atoms with E-state index in [0.29, 0.717) is 28.6 Å². The van der Waals surface area contributed by atoms with Gasteiger partial charge in [0.1, 0.15) is 5.75 Å². The van der Waals surface area contributed by atoms with Gasteiger partial charge >= 0.3 is 0 Å². The van der Waals surface area contributed by atoms with Crippen LogP contribution in [-0.2, 0) is 6.54 Å². The number of aryl methyl sites for hydroxylation is 1. The Morgan fingerprint density at radius 3 is 2.64 bits per heavy atom. The second-order valence-electron chi connectivity index (χ2n) is 5.71. The molecular weight excluding hydrogens is 338 g/mol. The standard InChI is InChI=1S/C19H18ClN3O2/c1-13-3-8-18(25-2)17(9-13)22-19(24)15-6-4-14(5-7-15)11-23-12-16(20)10-21-23/h3-10,12H,11H2,1-2H3,(H,22,24). The van der Waals surface area contributed by atoms with Gasteiger partial charge < -0.3 is 10.1 Å². The molecule has 5 nitrogen and oxygen atoms in total. The van der Waals surface area contributed by atoms with E-state index in [1.807, 2.05) is 37.3 Å². The average molecular weight is 356 g/mol. The van der Waals surface area contributed by atoms with Crippen molar-refractivity contribution >= 4 is 23.2 Å². The number of carbonyl (C=O) groups excluding carboxylic acids is 1. The SMILES string of the molecule is COc1ccc(C)cc1NC(=O)c1ccc(Cn2cc(Cl)cn2)cc1. The lowest BCUT2D eigenvalue weighted by Crippen LogP contribution is -2.13. The summed E-state index contributed by atoms with van der Waals surface area (Å²) in [6.45, 7) is 2.56. The number of anilines is 1. The van der Waals surface area contributed by atoms with Gasteiger partial charge in [-0.15, -0.1) is 0 Å². The number of amides is 1. The lowest BCUT2D eigenvalue weighted by Gasteiger charge is -2.11. The van der Waals surface area contributed by atoms with E-state index in [4.69, 9.17) is 16.3 Å². The fraction of sp³-hybridized carbons (Fsp3) is 0.158. The number of carbonyl (C=O) groups is 1. The third-order valence-electron chi connectivity index (χ3n) is 3.77. The molecule has 6 heteroatoms. The van der Waals surface area contributed by atoms with E-state index >= 15 is 0 Å². The second-order valence-corrected chi connectivity index (χ2v) is 6.15. The van der Waals surface area contributed by atoms with Gasteiger partial charge in [-0.1, -0.05) is 29.8 Å². The summed E-state index contributed by atoms with van der Waals surface area (Å²) < 4.78 is 7.03. The zero-order valence-electron chi connectivity index (χ0n) is 14.0. The summed E-state index contributed by atoms with van der Waals surface area (Å²) in [5, 5.41) is 7.64. The summed E-state index contributed by atoms with van der Waals surface area (Å²) >= 11 is 5.86. The zero-order valence-corrected chi connectivity index (χ0v) is 14.7. The predicted molar refractivity (Wildman–Crippen MR) is 98.5 cm³/mol. The fourth-order valence-electron chi connectivity index (χ4n) is 2.49. The van der Waals surface area contributed by atoms with Crippen molar-refractivity contribution < 1.29 is 9.53 Å². The van der Waals surface area contributed by atoms with E-state index in [2.05, 4.69) is 10.4 Å². The highest BCUT2D eigenvalue weighted by Gasteiger charge is 2.10. The molecule has 128 valence electrons. The van der Waals surface area contributed by atoms with Crippen molar-refractivity contribution in [3.63, 3.8) is 0 Å². The quantitative estimate of drug-likeness (QED) is 0.747. The van der Waals surface area contributed by atoms with Crippen LogP contribution in [0.1, 0.15) is 21.5 Å². The van der Waals surface area contributed by atoms with E-state index < -0.39 is 0 Å². The van der Waals surface area contributed by atoms with Gasteiger partial charge in [-0.3, -0.25) is 9.48 Å². The molecule has 0 spiro atoms. The van der Waals surface area contributed by atoms with E-state index in [1.54, 1.807) is 36.3 Å². The minimum Gasteiger partial charge on any atom is -0.495 e. The molecule has 1 N–H and O–H groups in total. The first-order valence-corrected chi connectivity index (χ1v) is 8.16. The third-order valence-corrected chi connectivity index (χ3v) is 3.96. The number of hydrogen-bond donors (Lipinski definition) is 1. The van der Waals surface area contributed by atoms with Crippen LogP contribution in [0.3, 0.4) is 0 Å². The zero-order chi connectivity index (χ0) is 17.8. The number of nitrogens with zero attached hydrogens (tertiary/aromatic N) is 2. The number of nitrogens with one attached hydrogen (secondary N) is 1. The maximum atomic E-state index is 12.5. The highest BCUT2D eigenvalue weighted by atomic mass is 35.5. The van der Waals surface area contributed by atoms with Crippen molar-refractivity contribution in [1.82, 2.24) is 9.78 Å². The van der Waals surface area contributed by atoms with Crippen molar-refractivity contribution in [3.8, 4) is 5.75 Å². The van der Waals surface area contributed by atoms with Crippen LogP contribution in [0.2, 0.25) is 5.02 Å². The molecule has 0 bridgehead atoms. The molecule has 1 amide bonds. The van der Waals surface area contributed by atoms with E-state index in [-0.39, 0.29) is 5.91 Å². The number of methoxy groups -OCH3 is 1. The van der Waals surface area contributed by atoms with Crippen LogP contribution in [0.5, 0.6) is 5.75 Å². The molecule has 0 fully saturated rings. The lowest BCUT2D eigenvalue weighted by atomic mass is 10.1. The van der Waals surface area contributed by atoms with Crippen molar-refractivity contribution in [2.24, 2.45) is 0 Å². The number of aromatic nitrogens is 2. The highest BCUT2D eigenvalue weighted by Crippen LogP contribution is 2.25. The van der Waals surface area contributed by atoms with Crippen molar-refractivity contribution in [1.29, 1.82) is 0 Å². The van der Waals surface area contributed by atoms with Crippen LogP contribution >= 0.6 is 11.6 Å². The Labute approximate surface area is 151 Å². The topological polar surface area (TPSA) is 56.1 Å². The summed E-state index contributed by atoms with van der Waals surface area (Å²) in [4.78, 5) is 12.5. The maximum Gasteiger partial charge on any atom is 0.255 e. The van der Waals surface area contributed by atoms with Gasteiger partial charge in [0.2, 0.25) is 0 Å². The van der Waals surface area contributed by atoms with Crippen molar-refractivity contribution in [3.05, 3.63) is 76.6 Å². The largest absolute Gasteiger partial charge is 0.495 e. The molecule has 0 aliphatic rings. The summed E-state index contributed by atoms with van der Waals surface area (Å²) in [7, 11) is 1.58. The number of rotatable bonds is 5. The first kappa shape index (κ1) is 17.0. The molecule has 1 heterocycles. The second kappa shape index (κ2) is 7.40. The minimum atomic E-state index is -0.183. The minimum absolute atomic E-state index is 0.183. The first-order chi connectivity index (χ1) is 12.0. The summed E-state index contributed by atoms with van der Waals surface area (Å²) in [6, 6.07) is 13.0. The molecule has 0 saturated heterocycles. The predicted octanol–water partition coefficient (Wildman–Crippen LogP) is 4.15. The van der Waals surface area contributed by atoms with E-state index in [1.165, 1.54) is 0 Å². The molecule has 0 saturated carbocycles. The van der Waals surface area contributed by atoms with Crippen molar-refractivity contribution in [2.45, 2.75) is 13.5 Å². The van der Waals surface area contributed by atoms with Crippen LogP contribution in [0.15, 0.2) is 54.9 Å². The Kier molecular flexibility index (Phi) is 5.05. The Bertz CT molecular complexity index is 888. The van der Waals surface area contributed by atoms with Gasteiger partial charge in [0, 0.05) is 11.8 Å². The van der Waals surface area contributed by atoms with Crippen LogP contribution in [0.4, 0.5) is 5.69 Å². The van der Waals surface area contributed by atoms with E-state index in [9.17, 15) is 4.79 Å². The highest BCUT2D eigenvalue weighted by molar-refractivity contribution is 6.30. The monoisotopic (exact) mass is 355 g/mol. The molecule has 0 atom stereocenters. The van der Waals surface area contributed by atoms with Gasteiger partial charge in [-0.05, 0) is 42.3 Å². The normalized spacial score (nSPS) is 10.5. The molecule has 0 aliphatic carbocycles. The molecule has 3 rings (SSSR count). The van der Waals surface area contributed by atoms with Crippen LogP contribution < -0.4 is 10.1 Å². The third kappa shape index (κ3) is 4.19. The van der Waals surface area contributed by atoms with Gasteiger partial charge in [-0.25, -0.2) is 0 Å². The molecule has 0 radical (unpaired) electrons. The van der Waals surface area contributed by atoms with Crippen LogP contribution in [0.25, 0.3) is 0 Å². The summed E-state index contributed by atoms with van der Waals surface area (Å²) in [5.41, 5.74) is 3.31. The Balaban J connectivity index is 1.71. The average Bonchev–Trinajstić information content (AvgIpc) is 3.00. The number of halogens is 1. The molecular formula is C19H18ClN3O2. The fourth-order valence-corrected chi connectivity index (χ4v) is 2.64. The maximum absolute atomic E-state index is 12.5. The van der Waals surface area contributed by atoms with Gasteiger partial charge in [0.15, 0.2) is 0 Å². The van der Waals surface area contributed by atoms with E-state index in [0.717, 1.165) is 11.1 Å². The molecule has 25 heavy (non-hydrogen) atoms. The molecule has 3 aromatic rings. The van der Waals surface area contributed by atoms with Crippen molar-refractivity contribution in [2.75, 3.05) is 12.4 Å². The molecule has 2 aromatic carbocycles. The Hall–Kier alpha value is -2.79. The van der Waals surface area contributed by atoms with Gasteiger partial charge in [0.25, 0.3) is 5.91 Å². The molecule has 0 aliphatic heterocycles. The smallest absolute Gasteiger partial charge is 0.255 e. The van der Waals surface area contributed by atoms with Gasteiger partial charge in [-0.2, -0.15) is 5.10 Å². The number of ether oxygens (including phenoxy) is 1. The Morgan fingerprint density at radius 2 is 2.00 bits per heavy atom. The summed E-state index contributed by atoms with van der Waals surface area (Å²) in [5.74, 6) is 0.448.